The molecule has 3 heteroatoms. The predicted octanol–water partition coefficient (Wildman–Crippen LogP) is 8.88. The Labute approximate surface area is 212 Å². The van der Waals surface area contributed by atoms with Crippen molar-refractivity contribution in [1.82, 2.24) is 0 Å². The van der Waals surface area contributed by atoms with Gasteiger partial charge in [-0.3, -0.25) is 0 Å². The number of aromatic nitrogens is 1. The minimum atomic E-state index is -0.228. The van der Waals surface area contributed by atoms with Crippen LogP contribution in [0.5, 0.6) is 0 Å². The van der Waals surface area contributed by atoms with E-state index < -0.39 is 0 Å². The van der Waals surface area contributed by atoms with Crippen LogP contribution in [0.4, 0.5) is 4.39 Å². The van der Waals surface area contributed by atoms with Gasteiger partial charge in [0.05, 0.1) is 11.1 Å². The lowest BCUT2D eigenvalue weighted by atomic mass is 9.70. The van der Waals surface area contributed by atoms with E-state index in [1.165, 1.54) is 18.4 Å². The van der Waals surface area contributed by atoms with Crippen molar-refractivity contribution in [1.29, 1.82) is 0 Å². The molecule has 0 unspecified atom stereocenters. The molecule has 0 saturated heterocycles. The molecule has 2 nitrogen and oxygen atoms in total. The summed E-state index contributed by atoms with van der Waals surface area (Å²) in [6.07, 6.45) is 6.70. The van der Waals surface area contributed by atoms with E-state index in [-0.39, 0.29) is 5.82 Å². The van der Waals surface area contributed by atoms with E-state index in [4.69, 9.17) is 4.42 Å². The van der Waals surface area contributed by atoms with Crippen LogP contribution in [0.15, 0.2) is 77.3 Å². The topological polar surface area (TPSA) is 17.0 Å². The lowest BCUT2D eigenvalue weighted by Crippen LogP contribution is -2.30. The van der Waals surface area contributed by atoms with Crippen LogP contribution in [0.2, 0.25) is 0 Å². The Kier molecular flexibility index (Phi) is 5.48. The SMILES string of the molecule is Cc1ccc2c(oc3c(-c4ccccc4C4CCC(C)(C)CC4)c(F)ccc32)c1-c1cccc[n+]1C. The van der Waals surface area contributed by atoms with Crippen LogP contribution < -0.4 is 4.57 Å². The first kappa shape index (κ1) is 23.0. The lowest BCUT2D eigenvalue weighted by Gasteiger charge is -2.35. The number of hydrogen-bond acceptors (Lipinski definition) is 1. The van der Waals surface area contributed by atoms with Gasteiger partial charge in [0, 0.05) is 22.9 Å². The Hall–Kier alpha value is -3.46. The molecule has 1 saturated carbocycles. The van der Waals surface area contributed by atoms with Gasteiger partial charge in [-0.25, -0.2) is 8.96 Å². The van der Waals surface area contributed by atoms with Gasteiger partial charge >= 0.3 is 0 Å². The van der Waals surface area contributed by atoms with E-state index in [2.05, 4.69) is 61.7 Å². The van der Waals surface area contributed by atoms with Crippen molar-refractivity contribution >= 4 is 21.9 Å². The Morgan fingerprint density at radius 2 is 1.50 bits per heavy atom. The van der Waals surface area contributed by atoms with Crippen LogP contribution in [-0.2, 0) is 7.05 Å². The normalized spacial score (nSPS) is 16.1. The maximum atomic E-state index is 15.7. The van der Waals surface area contributed by atoms with E-state index in [9.17, 15) is 0 Å². The Morgan fingerprint density at radius 3 is 2.25 bits per heavy atom. The summed E-state index contributed by atoms with van der Waals surface area (Å²) in [4.78, 5) is 0. The third-order valence-electron chi connectivity index (χ3n) is 8.29. The summed E-state index contributed by atoms with van der Waals surface area (Å²) in [5.41, 5.74) is 7.90. The highest BCUT2D eigenvalue weighted by Gasteiger charge is 2.30. The summed E-state index contributed by atoms with van der Waals surface area (Å²) < 4.78 is 24.5. The number of pyridine rings is 1. The first-order chi connectivity index (χ1) is 17.3. The number of furan rings is 1. The molecule has 5 aromatic rings. The fourth-order valence-electron chi connectivity index (χ4n) is 6.12. The number of nitrogens with zero attached hydrogens (tertiary/aromatic N) is 1. The molecule has 0 bridgehead atoms. The van der Waals surface area contributed by atoms with Crippen LogP contribution in [0.25, 0.3) is 44.3 Å². The number of benzene rings is 3. The quantitative estimate of drug-likeness (QED) is 0.237. The fourth-order valence-corrected chi connectivity index (χ4v) is 6.12. The first-order valence-electron chi connectivity index (χ1n) is 13.0. The maximum absolute atomic E-state index is 15.7. The standard InChI is InChI=1S/C33H33FNO/c1-21-12-13-25-26-14-15-27(34)30(32(26)36-31(25)29(21)28-11-7-8-20-35(28)4)24-10-6-5-9-23(24)22-16-18-33(2,3)19-17-22/h5-15,20,22H,16-19H2,1-4H3/q+1. The molecule has 0 N–H and O–H groups in total. The predicted molar refractivity (Wildman–Crippen MR) is 145 cm³/mol. The second kappa shape index (κ2) is 8.58. The number of fused-ring (bicyclic) bond motifs is 3. The second-order valence-corrected chi connectivity index (χ2v) is 11.3. The lowest BCUT2D eigenvalue weighted by molar-refractivity contribution is -0.660. The van der Waals surface area contributed by atoms with Crippen LogP contribution in [0, 0.1) is 18.2 Å². The highest BCUT2D eigenvalue weighted by molar-refractivity contribution is 6.13. The van der Waals surface area contributed by atoms with E-state index in [0.29, 0.717) is 22.5 Å². The third-order valence-corrected chi connectivity index (χ3v) is 8.29. The highest BCUT2D eigenvalue weighted by Crippen LogP contribution is 2.47. The van der Waals surface area contributed by atoms with Crippen molar-refractivity contribution in [3.63, 3.8) is 0 Å². The Morgan fingerprint density at radius 1 is 0.833 bits per heavy atom. The zero-order chi connectivity index (χ0) is 25.0. The van der Waals surface area contributed by atoms with Crippen LogP contribution in [0.1, 0.15) is 56.6 Å². The van der Waals surface area contributed by atoms with E-state index in [0.717, 1.165) is 51.6 Å². The van der Waals surface area contributed by atoms with Crippen molar-refractivity contribution < 1.29 is 13.4 Å². The molecule has 0 aliphatic heterocycles. The van der Waals surface area contributed by atoms with Gasteiger partial charge in [-0.15, -0.1) is 0 Å². The van der Waals surface area contributed by atoms with E-state index in [1.54, 1.807) is 6.07 Å². The van der Waals surface area contributed by atoms with Gasteiger partial charge in [0.2, 0.25) is 5.69 Å². The van der Waals surface area contributed by atoms with Gasteiger partial charge in [0.1, 0.15) is 24.0 Å². The van der Waals surface area contributed by atoms with Crippen molar-refractivity contribution in [2.24, 2.45) is 12.5 Å². The zero-order valence-corrected chi connectivity index (χ0v) is 21.6. The van der Waals surface area contributed by atoms with Gasteiger partial charge in [-0.1, -0.05) is 50.2 Å². The summed E-state index contributed by atoms with van der Waals surface area (Å²) in [5, 5.41) is 1.98. The van der Waals surface area contributed by atoms with Crippen LogP contribution in [-0.4, -0.2) is 0 Å². The zero-order valence-electron chi connectivity index (χ0n) is 21.6. The number of hydrogen-bond donors (Lipinski definition) is 0. The molecule has 36 heavy (non-hydrogen) atoms. The molecule has 1 aliphatic carbocycles. The molecule has 182 valence electrons. The van der Waals surface area contributed by atoms with E-state index in [1.807, 2.05) is 37.5 Å². The highest BCUT2D eigenvalue weighted by atomic mass is 19.1. The number of halogens is 1. The van der Waals surface area contributed by atoms with Gasteiger partial charge in [-0.2, -0.15) is 0 Å². The van der Waals surface area contributed by atoms with E-state index >= 15 is 4.39 Å². The second-order valence-electron chi connectivity index (χ2n) is 11.3. The Bertz CT molecular complexity index is 1600. The summed E-state index contributed by atoms with van der Waals surface area (Å²) in [7, 11) is 2.04. The molecule has 1 aliphatic rings. The molecule has 0 amide bonds. The molecule has 1 fully saturated rings. The summed E-state index contributed by atoms with van der Waals surface area (Å²) in [5.74, 6) is 0.211. The third kappa shape index (κ3) is 3.73. The molecule has 0 atom stereocenters. The van der Waals surface area contributed by atoms with Gasteiger partial charge in [0.15, 0.2) is 6.20 Å². The largest absolute Gasteiger partial charge is 0.454 e. The average molecular weight is 479 g/mol. The van der Waals surface area contributed by atoms with Crippen LogP contribution >= 0.6 is 0 Å². The summed E-state index contributed by atoms with van der Waals surface area (Å²) >= 11 is 0. The van der Waals surface area contributed by atoms with Crippen molar-refractivity contribution in [2.45, 2.75) is 52.4 Å². The number of aryl methyl sites for hydroxylation is 2. The van der Waals surface area contributed by atoms with Crippen molar-refractivity contribution in [3.8, 4) is 22.4 Å². The number of rotatable bonds is 3. The van der Waals surface area contributed by atoms with Gasteiger partial charge in [-0.05, 0) is 78.8 Å². The van der Waals surface area contributed by atoms with Crippen LogP contribution in [0.3, 0.4) is 0 Å². The average Bonchev–Trinajstić information content (AvgIpc) is 3.23. The first-order valence-corrected chi connectivity index (χ1v) is 13.0. The smallest absolute Gasteiger partial charge is 0.216 e. The summed E-state index contributed by atoms with van der Waals surface area (Å²) in [6.45, 7) is 6.82. The molecule has 0 radical (unpaired) electrons. The fraction of sp³-hybridized carbons (Fsp3) is 0.303. The Balaban J connectivity index is 1.59. The summed E-state index contributed by atoms with van der Waals surface area (Å²) in [6, 6.07) is 22.3. The van der Waals surface area contributed by atoms with Crippen molar-refractivity contribution in [3.05, 3.63) is 89.9 Å². The molecule has 3 aromatic carbocycles. The molecular weight excluding hydrogens is 445 g/mol. The molecule has 2 aromatic heterocycles. The minimum Gasteiger partial charge on any atom is -0.454 e. The van der Waals surface area contributed by atoms with Crippen molar-refractivity contribution in [2.75, 3.05) is 0 Å². The monoisotopic (exact) mass is 478 g/mol. The molecular formula is C33H33FNO+. The van der Waals surface area contributed by atoms with Gasteiger partial charge < -0.3 is 4.42 Å². The van der Waals surface area contributed by atoms with Gasteiger partial charge in [0.25, 0.3) is 0 Å². The molecule has 6 rings (SSSR count). The maximum Gasteiger partial charge on any atom is 0.216 e. The molecule has 0 spiro atoms. The molecule has 2 heterocycles. The minimum absolute atomic E-state index is 0.228.